The molecule has 5 nitrogen and oxygen atoms in total. The molecule has 1 aliphatic rings. The number of likely N-dealkylation sites (tertiary alicyclic amines) is 1. The van der Waals surface area contributed by atoms with Crippen molar-refractivity contribution < 1.29 is 14.3 Å². The zero-order chi connectivity index (χ0) is 13.2. The fourth-order valence-electron chi connectivity index (χ4n) is 2.21. The molecule has 1 aromatic heterocycles. The minimum Gasteiger partial charge on any atom is -0.480 e. The van der Waals surface area contributed by atoms with Crippen molar-refractivity contribution in [2.45, 2.75) is 19.0 Å². The number of hydrogen-bond acceptors (Lipinski definition) is 4. The van der Waals surface area contributed by atoms with Crippen molar-refractivity contribution in [1.29, 1.82) is 0 Å². The number of carbonyl (C=O) groups is 1. The van der Waals surface area contributed by atoms with Gasteiger partial charge in [0.2, 0.25) is 5.89 Å². The smallest absolute Gasteiger partial charge is 0.320 e. The van der Waals surface area contributed by atoms with Crippen LogP contribution in [-0.2, 0) is 11.3 Å². The highest BCUT2D eigenvalue weighted by molar-refractivity contribution is 5.74. The van der Waals surface area contributed by atoms with Gasteiger partial charge in [0, 0.05) is 18.7 Å². The number of aromatic nitrogens is 1. The van der Waals surface area contributed by atoms with Gasteiger partial charge >= 0.3 is 5.97 Å². The lowest BCUT2D eigenvalue weighted by molar-refractivity contribution is -0.148. The van der Waals surface area contributed by atoms with Crippen LogP contribution in [0.1, 0.15) is 12.1 Å². The Hall–Kier alpha value is -2.14. The molecule has 1 aliphatic heterocycles. The number of aliphatic carboxylic acids is 1. The van der Waals surface area contributed by atoms with Crippen molar-refractivity contribution in [3.8, 4) is 11.5 Å². The molecule has 2 aromatic rings. The van der Waals surface area contributed by atoms with Gasteiger partial charge in [-0.1, -0.05) is 18.2 Å². The van der Waals surface area contributed by atoms with Gasteiger partial charge in [0.1, 0.15) is 12.3 Å². The van der Waals surface area contributed by atoms with E-state index in [0.29, 0.717) is 18.9 Å². The van der Waals surface area contributed by atoms with Crippen molar-refractivity contribution in [3.63, 3.8) is 0 Å². The second-order valence-electron chi connectivity index (χ2n) is 4.62. The average Bonchev–Trinajstić information content (AvgIpc) is 2.83. The van der Waals surface area contributed by atoms with Crippen molar-refractivity contribution in [3.05, 3.63) is 42.3 Å². The highest BCUT2D eigenvalue weighted by Gasteiger charge is 2.34. The van der Waals surface area contributed by atoms with Gasteiger partial charge in [-0.15, -0.1) is 0 Å². The van der Waals surface area contributed by atoms with Crippen LogP contribution in [0.15, 0.2) is 41.0 Å². The first-order valence-corrected chi connectivity index (χ1v) is 6.21. The summed E-state index contributed by atoms with van der Waals surface area (Å²) < 4.78 is 5.43. The van der Waals surface area contributed by atoms with Crippen LogP contribution in [0.2, 0.25) is 0 Å². The average molecular weight is 258 g/mol. The summed E-state index contributed by atoms with van der Waals surface area (Å²) in [7, 11) is 0. The number of rotatable bonds is 4. The van der Waals surface area contributed by atoms with E-state index in [2.05, 4.69) is 4.98 Å². The first-order chi connectivity index (χ1) is 9.24. The van der Waals surface area contributed by atoms with Crippen LogP contribution in [0.5, 0.6) is 0 Å². The molecule has 0 radical (unpaired) electrons. The Labute approximate surface area is 110 Å². The summed E-state index contributed by atoms with van der Waals surface area (Å²) in [5, 5.41) is 8.98. The molecule has 1 atom stereocenters. The molecule has 1 N–H and O–H groups in total. The van der Waals surface area contributed by atoms with Crippen LogP contribution in [0.25, 0.3) is 11.5 Å². The summed E-state index contributed by atoms with van der Waals surface area (Å²) in [6.07, 6.45) is 2.30. The quantitative estimate of drug-likeness (QED) is 0.908. The number of carboxylic acid groups (broad SMARTS) is 1. The largest absolute Gasteiger partial charge is 0.480 e. The second kappa shape index (κ2) is 4.85. The van der Waals surface area contributed by atoms with Crippen molar-refractivity contribution in [2.75, 3.05) is 6.54 Å². The maximum atomic E-state index is 10.9. The van der Waals surface area contributed by atoms with E-state index in [1.165, 1.54) is 0 Å². The number of hydrogen-bond donors (Lipinski definition) is 1. The molecule has 0 bridgehead atoms. The van der Waals surface area contributed by atoms with E-state index in [4.69, 9.17) is 9.52 Å². The molecule has 1 aromatic carbocycles. The summed E-state index contributed by atoms with van der Waals surface area (Å²) in [6, 6.07) is 9.27. The molecule has 19 heavy (non-hydrogen) atoms. The zero-order valence-electron chi connectivity index (χ0n) is 10.3. The molecule has 1 fully saturated rings. The van der Waals surface area contributed by atoms with Crippen molar-refractivity contribution in [1.82, 2.24) is 9.88 Å². The van der Waals surface area contributed by atoms with Gasteiger partial charge in [0.05, 0.1) is 5.69 Å². The number of carboxylic acids is 1. The van der Waals surface area contributed by atoms with Crippen LogP contribution in [-0.4, -0.2) is 33.5 Å². The van der Waals surface area contributed by atoms with E-state index in [9.17, 15) is 4.79 Å². The van der Waals surface area contributed by atoms with E-state index in [1.54, 1.807) is 6.26 Å². The van der Waals surface area contributed by atoms with E-state index in [-0.39, 0.29) is 6.04 Å². The lowest BCUT2D eigenvalue weighted by Crippen LogP contribution is -2.51. The predicted molar refractivity (Wildman–Crippen MR) is 68.4 cm³/mol. The minimum absolute atomic E-state index is 0.378. The molecule has 5 heteroatoms. The van der Waals surface area contributed by atoms with Crippen LogP contribution in [0, 0.1) is 0 Å². The molecular formula is C14H14N2O3. The summed E-state index contributed by atoms with van der Waals surface area (Å²) in [6.45, 7) is 1.32. The summed E-state index contributed by atoms with van der Waals surface area (Å²) >= 11 is 0. The van der Waals surface area contributed by atoms with Crippen LogP contribution in [0.3, 0.4) is 0 Å². The normalized spacial score (nSPS) is 19.1. The standard InChI is InChI=1S/C14H14N2O3/c17-14(18)12-6-7-16(12)8-11-9-19-13(15-11)10-4-2-1-3-5-10/h1-5,9,12H,6-8H2,(H,17,18). The van der Waals surface area contributed by atoms with Gasteiger partial charge in [0.25, 0.3) is 0 Å². The minimum atomic E-state index is -0.766. The number of benzene rings is 1. The van der Waals surface area contributed by atoms with Crippen molar-refractivity contribution in [2.24, 2.45) is 0 Å². The molecule has 1 saturated heterocycles. The zero-order valence-corrected chi connectivity index (χ0v) is 10.3. The molecule has 1 unspecified atom stereocenters. The Morgan fingerprint density at radius 1 is 1.42 bits per heavy atom. The van der Waals surface area contributed by atoms with Gasteiger partial charge in [0.15, 0.2) is 0 Å². The first kappa shape index (κ1) is 11.9. The third kappa shape index (κ3) is 2.37. The van der Waals surface area contributed by atoms with Crippen LogP contribution < -0.4 is 0 Å². The van der Waals surface area contributed by atoms with Crippen molar-refractivity contribution >= 4 is 5.97 Å². The van der Waals surface area contributed by atoms with E-state index >= 15 is 0 Å². The maximum absolute atomic E-state index is 10.9. The molecule has 3 rings (SSSR count). The Bertz CT molecular complexity index is 579. The Morgan fingerprint density at radius 2 is 2.21 bits per heavy atom. The maximum Gasteiger partial charge on any atom is 0.320 e. The summed E-state index contributed by atoms with van der Waals surface area (Å²) in [4.78, 5) is 17.2. The third-order valence-corrected chi connectivity index (χ3v) is 3.35. The molecular weight excluding hydrogens is 244 g/mol. The van der Waals surface area contributed by atoms with E-state index < -0.39 is 5.97 Å². The molecule has 98 valence electrons. The molecule has 0 aliphatic carbocycles. The SMILES string of the molecule is O=C(O)C1CCN1Cc1coc(-c2ccccc2)n1. The van der Waals surface area contributed by atoms with E-state index in [1.807, 2.05) is 35.2 Å². The number of nitrogens with zero attached hydrogens (tertiary/aromatic N) is 2. The number of oxazole rings is 1. The first-order valence-electron chi connectivity index (χ1n) is 6.21. The molecule has 2 heterocycles. The molecule has 0 saturated carbocycles. The Kier molecular flexibility index (Phi) is 3.05. The molecule has 0 spiro atoms. The van der Waals surface area contributed by atoms with Gasteiger partial charge in [-0.3, -0.25) is 9.69 Å². The second-order valence-corrected chi connectivity index (χ2v) is 4.62. The van der Waals surface area contributed by atoms with Gasteiger partial charge in [-0.05, 0) is 18.6 Å². The third-order valence-electron chi connectivity index (χ3n) is 3.35. The monoisotopic (exact) mass is 258 g/mol. The van der Waals surface area contributed by atoms with Gasteiger partial charge in [-0.2, -0.15) is 0 Å². The highest BCUT2D eigenvalue weighted by Crippen LogP contribution is 2.23. The van der Waals surface area contributed by atoms with Gasteiger partial charge < -0.3 is 9.52 Å². The molecule has 0 amide bonds. The lowest BCUT2D eigenvalue weighted by Gasteiger charge is -2.37. The summed E-state index contributed by atoms with van der Waals surface area (Å²) in [5.41, 5.74) is 1.69. The fourth-order valence-corrected chi connectivity index (χ4v) is 2.21. The Balaban J connectivity index is 1.71. The topological polar surface area (TPSA) is 66.6 Å². The lowest BCUT2D eigenvalue weighted by atomic mass is 10.0. The fraction of sp³-hybridized carbons (Fsp3) is 0.286. The van der Waals surface area contributed by atoms with Crippen LogP contribution in [0.4, 0.5) is 0 Å². The van der Waals surface area contributed by atoms with Gasteiger partial charge in [-0.25, -0.2) is 4.98 Å². The van der Waals surface area contributed by atoms with Crippen LogP contribution >= 0.6 is 0 Å². The summed E-state index contributed by atoms with van der Waals surface area (Å²) in [5.74, 6) is -0.193. The van der Waals surface area contributed by atoms with E-state index in [0.717, 1.165) is 17.8 Å². The predicted octanol–water partition coefficient (Wildman–Crippen LogP) is 2.00. The highest BCUT2D eigenvalue weighted by atomic mass is 16.4. The Morgan fingerprint density at radius 3 is 2.84 bits per heavy atom.